The molecule has 0 aliphatic heterocycles. The molecule has 2 N–H and O–H groups in total. The molecule has 1 aromatic heterocycles. The van der Waals surface area contributed by atoms with E-state index in [-0.39, 0.29) is 11.5 Å². The monoisotopic (exact) mass is 243 g/mol. The zero-order valence-electron chi connectivity index (χ0n) is 9.20. The second-order valence-electron chi connectivity index (χ2n) is 3.47. The summed E-state index contributed by atoms with van der Waals surface area (Å²) in [6.45, 7) is 0. The van der Waals surface area contributed by atoms with Gasteiger partial charge >= 0.3 is 5.97 Å². The van der Waals surface area contributed by atoms with Gasteiger partial charge in [0.1, 0.15) is 0 Å². The van der Waals surface area contributed by atoms with Gasteiger partial charge in [-0.1, -0.05) is 0 Å². The van der Waals surface area contributed by atoms with Crippen LogP contribution in [-0.2, 0) is 0 Å². The third-order valence-electron chi connectivity index (χ3n) is 2.24. The zero-order chi connectivity index (χ0) is 13.0. The Kier molecular flexibility index (Phi) is 3.29. The number of hydrogen-bond donors (Lipinski definition) is 2. The number of nitrogens with one attached hydrogen (secondary N) is 1. The fraction of sp³-hybridized carbons (Fsp3) is 0. The summed E-state index contributed by atoms with van der Waals surface area (Å²) in [5.74, 6) is -1.33. The highest BCUT2D eigenvalue weighted by atomic mass is 16.4. The molecule has 2 aromatic rings. The summed E-state index contributed by atoms with van der Waals surface area (Å²) in [6.07, 6.45) is 2.77. The third-order valence-corrected chi connectivity index (χ3v) is 2.24. The van der Waals surface area contributed by atoms with Crippen LogP contribution in [0, 0.1) is 0 Å². The van der Waals surface area contributed by atoms with Crippen LogP contribution < -0.4 is 5.32 Å². The standard InChI is InChI=1S/C12H9N3O3/c16-11(9-5-6-13-14-7-9)15-10-3-1-8(2-4-10)12(17)18/h1-7H,(H,15,16)(H,17,18). The van der Waals surface area contributed by atoms with E-state index in [9.17, 15) is 9.59 Å². The van der Waals surface area contributed by atoms with E-state index in [1.165, 1.54) is 42.7 Å². The molecule has 90 valence electrons. The number of anilines is 1. The molecule has 0 aliphatic carbocycles. The van der Waals surface area contributed by atoms with Gasteiger partial charge in [-0.3, -0.25) is 4.79 Å². The Morgan fingerprint density at radius 3 is 2.28 bits per heavy atom. The number of hydrogen-bond acceptors (Lipinski definition) is 4. The Morgan fingerprint density at radius 1 is 1.00 bits per heavy atom. The molecule has 0 aliphatic rings. The van der Waals surface area contributed by atoms with Crippen molar-refractivity contribution in [3.63, 3.8) is 0 Å². The van der Waals surface area contributed by atoms with Crippen LogP contribution in [0.2, 0.25) is 0 Å². The van der Waals surface area contributed by atoms with E-state index in [0.717, 1.165) is 0 Å². The summed E-state index contributed by atoms with van der Waals surface area (Å²) in [5, 5.41) is 18.5. The summed E-state index contributed by atoms with van der Waals surface area (Å²) in [5.41, 5.74) is 1.06. The first-order valence-electron chi connectivity index (χ1n) is 5.08. The molecule has 0 radical (unpaired) electrons. The number of benzene rings is 1. The van der Waals surface area contributed by atoms with Crippen molar-refractivity contribution in [1.82, 2.24) is 10.2 Å². The molecule has 6 heteroatoms. The first kappa shape index (κ1) is 11.7. The highest BCUT2D eigenvalue weighted by Gasteiger charge is 2.07. The van der Waals surface area contributed by atoms with Crippen LogP contribution in [0.3, 0.4) is 0 Å². The van der Waals surface area contributed by atoms with E-state index < -0.39 is 5.97 Å². The van der Waals surface area contributed by atoms with Gasteiger partial charge in [0.2, 0.25) is 0 Å². The molecular formula is C12H9N3O3. The van der Waals surface area contributed by atoms with Gasteiger partial charge in [-0.15, -0.1) is 0 Å². The lowest BCUT2D eigenvalue weighted by molar-refractivity contribution is 0.0696. The van der Waals surface area contributed by atoms with Crippen LogP contribution in [0.5, 0.6) is 0 Å². The number of nitrogens with zero attached hydrogens (tertiary/aromatic N) is 2. The lowest BCUT2D eigenvalue weighted by Gasteiger charge is -2.04. The molecule has 1 heterocycles. The SMILES string of the molecule is O=C(O)c1ccc(NC(=O)c2ccnnc2)cc1. The number of carboxylic acids is 1. The number of aromatic nitrogens is 2. The average molecular weight is 243 g/mol. The van der Waals surface area contributed by atoms with E-state index >= 15 is 0 Å². The first-order chi connectivity index (χ1) is 8.66. The van der Waals surface area contributed by atoms with Gasteiger partial charge in [0.05, 0.1) is 23.5 Å². The van der Waals surface area contributed by atoms with E-state index in [1.54, 1.807) is 0 Å². The van der Waals surface area contributed by atoms with Crippen LogP contribution >= 0.6 is 0 Å². The third kappa shape index (κ3) is 2.67. The first-order valence-corrected chi connectivity index (χ1v) is 5.08. The number of amides is 1. The highest BCUT2D eigenvalue weighted by Crippen LogP contribution is 2.10. The Balaban J connectivity index is 2.10. The quantitative estimate of drug-likeness (QED) is 0.850. The maximum absolute atomic E-state index is 11.7. The second kappa shape index (κ2) is 5.05. The fourth-order valence-corrected chi connectivity index (χ4v) is 1.32. The minimum absolute atomic E-state index is 0.165. The number of carboxylic acid groups (broad SMARTS) is 1. The van der Waals surface area contributed by atoms with Crippen molar-refractivity contribution in [1.29, 1.82) is 0 Å². The molecule has 0 saturated heterocycles. The van der Waals surface area contributed by atoms with Gasteiger partial charge in [-0.2, -0.15) is 10.2 Å². The largest absolute Gasteiger partial charge is 0.478 e. The molecule has 0 bridgehead atoms. The van der Waals surface area contributed by atoms with Crippen molar-refractivity contribution in [2.45, 2.75) is 0 Å². The van der Waals surface area contributed by atoms with Crippen molar-refractivity contribution >= 4 is 17.6 Å². The van der Waals surface area contributed by atoms with Gasteiger partial charge in [0, 0.05) is 5.69 Å². The van der Waals surface area contributed by atoms with Crippen LogP contribution in [0.4, 0.5) is 5.69 Å². The minimum atomic E-state index is -1.01. The fourth-order valence-electron chi connectivity index (χ4n) is 1.32. The zero-order valence-corrected chi connectivity index (χ0v) is 9.20. The van der Waals surface area contributed by atoms with Crippen LogP contribution in [0.1, 0.15) is 20.7 Å². The Labute approximate surface area is 102 Å². The molecule has 0 atom stereocenters. The molecule has 1 aromatic carbocycles. The summed E-state index contributed by atoms with van der Waals surface area (Å²) in [7, 11) is 0. The predicted octanol–water partition coefficient (Wildman–Crippen LogP) is 1.43. The highest BCUT2D eigenvalue weighted by molar-refractivity contribution is 6.04. The van der Waals surface area contributed by atoms with Gasteiger partial charge in [0.25, 0.3) is 5.91 Å². The lowest BCUT2D eigenvalue weighted by atomic mass is 10.2. The summed E-state index contributed by atoms with van der Waals surface area (Å²) >= 11 is 0. The second-order valence-corrected chi connectivity index (χ2v) is 3.47. The molecule has 0 fully saturated rings. The van der Waals surface area contributed by atoms with Crippen LogP contribution in [-0.4, -0.2) is 27.2 Å². The van der Waals surface area contributed by atoms with Gasteiger partial charge in [0.15, 0.2) is 0 Å². The molecule has 18 heavy (non-hydrogen) atoms. The summed E-state index contributed by atoms with van der Waals surface area (Å²) in [4.78, 5) is 22.4. The number of aromatic carboxylic acids is 1. The molecule has 2 rings (SSSR count). The van der Waals surface area contributed by atoms with E-state index in [2.05, 4.69) is 15.5 Å². The molecular weight excluding hydrogens is 234 g/mol. The van der Waals surface area contributed by atoms with Crippen molar-refractivity contribution in [3.8, 4) is 0 Å². The Hall–Kier alpha value is -2.76. The van der Waals surface area contributed by atoms with E-state index in [4.69, 9.17) is 5.11 Å². The van der Waals surface area contributed by atoms with Crippen LogP contribution in [0.25, 0.3) is 0 Å². The van der Waals surface area contributed by atoms with Gasteiger partial charge in [-0.25, -0.2) is 4.79 Å². The smallest absolute Gasteiger partial charge is 0.335 e. The molecule has 1 amide bonds. The van der Waals surface area contributed by atoms with Gasteiger partial charge < -0.3 is 10.4 Å². The summed E-state index contributed by atoms with van der Waals surface area (Å²) in [6, 6.07) is 7.42. The molecule has 0 saturated carbocycles. The number of rotatable bonds is 3. The minimum Gasteiger partial charge on any atom is -0.478 e. The van der Waals surface area contributed by atoms with Crippen LogP contribution in [0.15, 0.2) is 42.7 Å². The Bertz CT molecular complexity index is 567. The van der Waals surface area contributed by atoms with Gasteiger partial charge in [-0.05, 0) is 30.3 Å². The van der Waals surface area contributed by atoms with E-state index in [0.29, 0.717) is 11.3 Å². The average Bonchev–Trinajstić information content (AvgIpc) is 2.40. The van der Waals surface area contributed by atoms with Crippen molar-refractivity contribution < 1.29 is 14.7 Å². The number of carbonyl (C=O) groups is 2. The maximum atomic E-state index is 11.7. The summed E-state index contributed by atoms with van der Waals surface area (Å²) < 4.78 is 0. The van der Waals surface area contributed by atoms with Crippen molar-refractivity contribution in [3.05, 3.63) is 53.9 Å². The van der Waals surface area contributed by atoms with Crippen molar-refractivity contribution in [2.75, 3.05) is 5.32 Å². The molecule has 0 spiro atoms. The molecule has 6 nitrogen and oxygen atoms in total. The normalized spacial score (nSPS) is 9.78. The van der Waals surface area contributed by atoms with Crippen molar-refractivity contribution in [2.24, 2.45) is 0 Å². The lowest BCUT2D eigenvalue weighted by Crippen LogP contribution is -2.12. The predicted molar refractivity (Wildman–Crippen MR) is 63.4 cm³/mol. The topological polar surface area (TPSA) is 92.2 Å². The molecule has 0 unspecified atom stereocenters. The maximum Gasteiger partial charge on any atom is 0.335 e. The van der Waals surface area contributed by atoms with E-state index in [1.807, 2.05) is 0 Å². The Morgan fingerprint density at radius 2 is 1.72 bits per heavy atom. The number of carbonyl (C=O) groups excluding carboxylic acids is 1.